The molecule has 13 heteroatoms. The quantitative estimate of drug-likeness (QED) is 0.415. The summed E-state index contributed by atoms with van der Waals surface area (Å²) >= 11 is 0. The Morgan fingerprint density at radius 3 is 2.38 bits per heavy atom. The van der Waals surface area contributed by atoms with Crippen molar-refractivity contribution in [2.24, 2.45) is 0 Å². The molecule has 37 heavy (non-hydrogen) atoms. The number of rotatable bonds is 9. The van der Waals surface area contributed by atoms with Crippen molar-refractivity contribution in [2.75, 3.05) is 55.6 Å². The van der Waals surface area contributed by atoms with Crippen molar-refractivity contribution in [3.05, 3.63) is 24.0 Å². The Labute approximate surface area is 214 Å². The molecule has 2 saturated heterocycles. The molecular weight excluding hydrogens is 487 g/mol. The van der Waals surface area contributed by atoms with Crippen LogP contribution in [-0.4, -0.2) is 92.6 Å². The minimum atomic E-state index is -0.696. The van der Waals surface area contributed by atoms with Crippen LogP contribution in [0.25, 0.3) is 0 Å². The van der Waals surface area contributed by atoms with Crippen LogP contribution in [0.1, 0.15) is 27.2 Å². The Morgan fingerprint density at radius 1 is 1.08 bits per heavy atom. The van der Waals surface area contributed by atoms with Crippen molar-refractivity contribution in [3.63, 3.8) is 0 Å². The van der Waals surface area contributed by atoms with Gasteiger partial charge in [-0.3, -0.25) is 24.1 Å². The third-order valence-electron chi connectivity index (χ3n) is 6.18. The lowest BCUT2D eigenvalue weighted by molar-refractivity contribution is -0.134. The van der Waals surface area contributed by atoms with Crippen LogP contribution in [0.15, 0.2) is 18.2 Å². The zero-order valence-electron chi connectivity index (χ0n) is 21.2. The molecule has 3 rings (SSSR count). The molecule has 0 radical (unpaired) electrons. The van der Waals surface area contributed by atoms with Gasteiger partial charge in [0.1, 0.15) is 18.0 Å². The highest BCUT2D eigenvalue weighted by Gasteiger charge is 2.33. The smallest absolute Gasteiger partial charge is 0.414 e. The zero-order chi connectivity index (χ0) is 27.1. The van der Waals surface area contributed by atoms with E-state index in [4.69, 9.17) is 4.74 Å². The lowest BCUT2D eigenvalue weighted by Gasteiger charge is -2.36. The van der Waals surface area contributed by atoms with E-state index in [-0.39, 0.29) is 37.4 Å². The van der Waals surface area contributed by atoms with Crippen molar-refractivity contribution in [2.45, 2.75) is 39.3 Å². The number of carbonyl (C=O) groups is 5. The molecule has 2 atom stereocenters. The standard InChI is InChI=1S/C24H33FN6O6/c1-4-20(28-16(3)33)23(35)27-13-22(34)30-9-7-29(8-10-30)21-6-5-17(11-19(21)25)31-14-18(37-24(31)36)12-26-15(2)32/h5-6,11,18,20H,4,7-10,12-14H2,1-3H3,(H,26,32)(H,27,35)(H,28,33). The second kappa shape index (κ2) is 12.4. The predicted octanol–water partition coefficient (Wildman–Crippen LogP) is -0.0335. The van der Waals surface area contributed by atoms with Crippen LogP contribution >= 0.6 is 0 Å². The first-order valence-corrected chi connectivity index (χ1v) is 12.2. The van der Waals surface area contributed by atoms with E-state index in [0.717, 1.165) is 0 Å². The molecule has 1 aromatic carbocycles. The van der Waals surface area contributed by atoms with Crippen LogP contribution < -0.4 is 25.8 Å². The van der Waals surface area contributed by atoms with Crippen molar-refractivity contribution in [3.8, 4) is 0 Å². The van der Waals surface area contributed by atoms with Crippen LogP contribution in [0.4, 0.5) is 20.6 Å². The van der Waals surface area contributed by atoms with E-state index in [9.17, 15) is 28.4 Å². The molecule has 202 valence electrons. The normalized spacial score (nSPS) is 18.2. The van der Waals surface area contributed by atoms with E-state index in [1.54, 1.807) is 24.0 Å². The summed E-state index contributed by atoms with van der Waals surface area (Å²) in [5, 5.41) is 7.69. The molecule has 0 bridgehead atoms. The van der Waals surface area contributed by atoms with Gasteiger partial charge >= 0.3 is 6.09 Å². The van der Waals surface area contributed by atoms with Gasteiger partial charge in [-0.25, -0.2) is 9.18 Å². The van der Waals surface area contributed by atoms with Gasteiger partial charge < -0.3 is 30.5 Å². The Hall–Kier alpha value is -3.90. The van der Waals surface area contributed by atoms with Gasteiger partial charge in [-0.05, 0) is 24.6 Å². The first-order chi connectivity index (χ1) is 17.6. The van der Waals surface area contributed by atoms with E-state index < -0.39 is 30.0 Å². The Kier molecular flexibility index (Phi) is 9.25. The van der Waals surface area contributed by atoms with Crippen molar-refractivity contribution in [1.82, 2.24) is 20.9 Å². The molecule has 2 heterocycles. The number of nitrogens with one attached hydrogen (secondary N) is 3. The highest BCUT2D eigenvalue weighted by molar-refractivity contribution is 5.91. The maximum Gasteiger partial charge on any atom is 0.414 e. The van der Waals surface area contributed by atoms with Crippen LogP contribution in [0.3, 0.4) is 0 Å². The number of anilines is 2. The number of halogens is 1. The number of hydrogen-bond donors (Lipinski definition) is 3. The molecule has 12 nitrogen and oxygen atoms in total. The predicted molar refractivity (Wildman–Crippen MR) is 132 cm³/mol. The summed E-state index contributed by atoms with van der Waals surface area (Å²) in [6.07, 6.45) is -0.726. The number of nitrogens with zero attached hydrogens (tertiary/aromatic N) is 3. The van der Waals surface area contributed by atoms with E-state index in [1.807, 2.05) is 4.90 Å². The first-order valence-electron chi connectivity index (χ1n) is 12.2. The van der Waals surface area contributed by atoms with Gasteiger partial charge in [0.05, 0.1) is 31.0 Å². The summed E-state index contributed by atoms with van der Waals surface area (Å²) in [6, 6.07) is 3.79. The Balaban J connectivity index is 1.51. The molecule has 3 N–H and O–H groups in total. The van der Waals surface area contributed by atoms with Crippen LogP contribution in [0, 0.1) is 5.82 Å². The fourth-order valence-electron chi connectivity index (χ4n) is 4.21. The average Bonchev–Trinajstić information content (AvgIpc) is 3.24. The minimum Gasteiger partial charge on any atom is -0.442 e. The van der Waals surface area contributed by atoms with Crippen molar-refractivity contribution < 1.29 is 33.1 Å². The first kappa shape index (κ1) is 27.7. The highest BCUT2D eigenvalue weighted by Crippen LogP contribution is 2.28. The maximum absolute atomic E-state index is 15.0. The van der Waals surface area contributed by atoms with E-state index in [0.29, 0.717) is 44.0 Å². The van der Waals surface area contributed by atoms with Crippen LogP contribution in [-0.2, 0) is 23.9 Å². The highest BCUT2D eigenvalue weighted by atomic mass is 19.1. The largest absolute Gasteiger partial charge is 0.442 e. The number of carbonyl (C=O) groups excluding carboxylic acids is 5. The topological polar surface area (TPSA) is 140 Å². The molecule has 5 amide bonds. The minimum absolute atomic E-state index is 0.180. The number of piperazine rings is 1. The Morgan fingerprint density at radius 2 is 1.78 bits per heavy atom. The number of benzene rings is 1. The maximum atomic E-state index is 15.0. The van der Waals surface area contributed by atoms with Crippen LogP contribution in [0.5, 0.6) is 0 Å². The second-order valence-corrected chi connectivity index (χ2v) is 8.94. The van der Waals surface area contributed by atoms with Gasteiger partial charge in [0.2, 0.25) is 23.6 Å². The molecule has 0 aromatic heterocycles. The van der Waals surface area contributed by atoms with Gasteiger partial charge in [0, 0.05) is 40.0 Å². The van der Waals surface area contributed by atoms with Gasteiger partial charge in [0.15, 0.2) is 0 Å². The number of ether oxygens (including phenoxy) is 1. The van der Waals surface area contributed by atoms with E-state index in [1.165, 1.54) is 24.8 Å². The molecule has 2 aliphatic heterocycles. The summed E-state index contributed by atoms with van der Waals surface area (Å²) < 4.78 is 20.2. The summed E-state index contributed by atoms with van der Waals surface area (Å²) in [5.74, 6) is -1.75. The molecule has 0 spiro atoms. The lowest BCUT2D eigenvalue weighted by Crippen LogP contribution is -2.53. The zero-order valence-corrected chi connectivity index (χ0v) is 21.2. The summed E-state index contributed by atoms with van der Waals surface area (Å²) in [5.41, 5.74) is 0.707. The summed E-state index contributed by atoms with van der Waals surface area (Å²) in [4.78, 5) is 63.9. The van der Waals surface area contributed by atoms with Gasteiger partial charge in [-0.1, -0.05) is 6.92 Å². The summed E-state index contributed by atoms with van der Waals surface area (Å²) in [6.45, 7) is 6.12. The van der Waals surface area contributed by atoms with Gasteiger partial charge in [0.25, 0.3) is 0 Å². The number of amides is 5. The van der Waals surface area contributed by atoms with Crippen molar-refractivity contribution >= 4 is 41.1 Å². The monoisotopic (exact) mass is 520 g/mol. The second-order valence-electron chi connectivity index (χ2n) is 8.94. The SMILES string of the molecule is CCC(NC(C)=O)C(=O)NCC(=O)N1CCN(c2ccc(N3CC(CNC(C)=O)OC3=O)cc2F)CC1. The molecule has 2 fully saturated rings. The molecule has 2 unspecified atom stereocenters. The van der Waals surface area contributed by atoms with Crippen LogP contribution in [0.2, 0.25) is 0 Å². The average molecular weight is 521 g/mol. The summed E-state index contributed by atoms with van der Waals surface area (Å²) in [7, 11) is 0. The third-order valence-corrected chi connectivity index (χ3v) is 6.18. The number of hydrogen-bond acceptors (Lipinski definition) is 7. The third kappa shape index (κ3) is 7.30. The van der Waals surface area contributed by atoms with Gasteiger partial charge in [-0.2, -0.15) is 0 Å². The van der Waals surface area contributed by atoms with E-state index >= 15 is 0 Å². The molecule has 2 aliphatic rings. The van der Waals surface area contributed by atoms with E-state index in [2.05, 4.69) is 16.0 Å². The molecule has 0 saturated carbocycles. The molecule has 0 aliphatic carbocycles. The molecular formula is C24H33FN6O6. The van der Waals surface area contributed by atoms with Crippen molar-refractivity contribution in [1.29, 1.82) is 0 Å². The fourth-order valence-corrected chi connectivity index (χ4v) is 4.21. The van der Waals surface area contributed by atoms with Gasteiger partial charge in [-0.15, -0.1) is 0 Å². The number of cyclic esters (lactones) is 1. The fraction of sp³-hybridized carbons (Fsp3) is 0.542. The lowest BCUT2D eigenvalue weighted by atomic mass is 10.2. The molecule has 1 aromatic rings. The Bertz CT molecular complexity index is 1040.